The Morgan fingerprint density at radius 3 is 2.63 bits per heavy atom. The van der Waals surface area contributed by atoms with Crippen molar-refractivity contribution < 1.29 is 4.74 Å². The summed E-state index contributed by atoms with van der Waals surface area (Å²) in [6.07, 6.45) is 5.91. The smallest absolute Gasteiger partial charge is 0.128 e. The number of aromatic nitrogens is 2. The van der Waals surface area contributed by atoms with Crippen molar-refractivity contribution in [2.75, 3.05) is 20.2 Å². The first-order valence-corrected chi connectivity index (χ1v) is 9.55. The first-order chi connectivity index (χ1) is 13.3. The molecule has 4 nitrogen and oxygen atoms in total. The Bertz CT molecular complexity index is 882. The molecule has 0 amide bonds. The molecule has 1 saturated heterocycles. The monoisotopic (exact) mass is 359 g/mol. The molecule has 0 N–H and O–H groups in total. The molecule has 2 heterocycles. The maximum atomic E-state index is 5.56. The topological polar surface area (TPSA) is 38.3 Å². The van der Waals surface area contributed by atoms with Crippen LogP contribution in [0.25, 0.3) is 11.3 Å². The Morgan fingerprint density at radius 2 is 1.78 bits per heavy atom. The van der Waals surface area contributed by atoms with Gasteiger partial charge in [0, 0.05) is 37.0 Å². The molecule has 27 heavy (non-hydrogen) atoms. The van der Waals surface area contributed by atoms with Crippen LogP contribution in [0.1, 0.15) is 30.0 Å². The molecule has 2 aromatic carbocycles. The predicted molar refractivity (Wildman–Crippen MR) is 108 cm³/mol. The molecule has 0 spiro atoms. The lowest BCUT2D eigenvalue weighted by Gasteiger charge is -2.33. The van der Waals surface area contributed by atoms with Gasteiger partial charge in [-0.25, -0.2) is 0 Å². The Hall–Kier alpha value is -2.72. The van der Waals surface area contributed by atoms with Crippen molar-refractivity contribution in [3.8, 4) is 17.0 Å². The summed E-state index contributed by atoms with van der Waals surface area (Å²) < 4.78 is 5.56. The zero-order valence-corrected chi connectivity index (χ0v) is 15.7. The molecule has 1 aliphatic heterocycles. The maximum Gasteiger partial charge on any atom is 0.128 e. The molecule has 0 aliphatic carbocycles. The summed E-state index contributed by atoms with van der Waals surface area (Å²) in [7, 11) is 1.71. The second-order valence-corrected chi connectivity index (χ2v) is 7.05. The molecule has 4 rings (SSSR count). The highest BCUT2D eigenvalue weighted by Crippen LogP contribution is 2.35. The number of nitrogens with zero attached hydrogens (tertiary/aromatic N) is 3. The van der Waals surface area contributed by atoms with Crippen LogP contribution < -0.4 is 4.74 Å². The van der Waals surface area contributed by atoms with Crippen molar-refractivity contribution >= 4 is 0 Å². The summed E-state index contributed by atoms with van der Waals surface area (Å²) in [4.78, 5) is 12.0. The third-order valence-electron chi connectivity index (χ3n) is 5.23. The summed E-state index contributed by atoms with van der Waals surface area (Å²) in [6, 6.07) is 18.8. The Balaban J connectivity index is 1.60. The van der Waals surface area contributed by atoms with Crippen LogP contribution in [0.2, 0.25) is 0 Å². The van der Waals surface area contributed by atoms with Crippen LogP contribution in [0.3, 0.4) is 0 Å². The van der Waals surface area contributed by atoms with E-state index in [-0.39, 0.29) is 0 Å². The zero-order chi connectivity index (χ0) is 18.5. The lowest BCUT2D eigenvalue weighted by molar-refractivity contribution is 0.198. The number of benzene rings is 2. The summed E-state index contributed by atoms with van der Waals surface area (Å²) in [5, 5.41) is 0. The summed E-state index contributed by atoms with van der Waals surface area (Å²) in [6.45, 7) is 3.13. The third-order valence-corrected chi connectivity index (χ3v) is 5.23. The summed E-state index contributed by atoms with van der Waals surface area (Å²) >= 11 is 0. The van der Waals surface area contributed by atoms with E-state index in [1.165, 1.54) is 12.0 Å². The van der Waals surface area contributed by atoms with Gasteiger partial charge in [-0.3, -0.25) is 14.9 Å². The van der Waals surface area contributed by atoms with Crippen LogP contribution in [0.4, 0.5) is 0 Å². The number of hydrogen-bond donors (Lipinski definition) is 0. The van der Waals surface area contributed by atoms with Gasteiger partial charge in [0.2, 0.25) is 0 Å². The number of para-hydroxylation sites is 1. The number of ether oxygens (including phenoxy) is 1. The van der Waals surface area contributed by atoms with E-state index in [0.717, 1.165) is 48.8 Å². The van der Waals surface area contributed by atoms with Gasteiger partial charge in [-0.2, -0.15) is 0 Å². The SMILES string of the molecule is COc1ccccc1-c1nccnc1C1CCCN(Cc2ccccc2)C1. The molecule has 4 heteroatoms. The molecule has 0 radical (unpaired) electrons. The van der Waals surface area contributed by atoms with Gasteiger partial charge in [-0.05, 0) is 37.1 Å². The first kappa shape index (κ1) is 17.7. The fraction of sp³-hybridized carbons (Fsp3) is 0.304. The van der Waals surface area contributed by atoms with Crippen LogP contribution in [-0.4, -0.2) is 35.1 Å². The van der Waals surface area contributed by atoms with Crippen molar-refractivity contribution in [2.45, 2.75) is 25.3 Å². The number of rotatable bonds is 5. The van der Waals surface area contributed by atoms with Crippen molar-refractivity contribution in [3.63, 3.8) is 0 Å². The molecule has 1 unspecified atom stereocenters. The van der Waals surface area contributed by atoms with Crippen molar-refractivity contribution in [3.05, 3.63) is 78.2 Å². The fourth-order valence-electron chi connectivity index (χ4n) is 3.96. The van der Waals surface area contributed by atoms with E-state index in [0.29, 0.717) is 5.92 Å². The minimum Gasteiger partial charge on any atom is -0.496 e. The van der Waals surface area contributed by atoms with E-state index >= 15 is 0 Å². The maximum absolute atomic E-state index is 5.56. The molecule has 0 saturated carbocycles. The summed E-state index contributed by atoms with van der Waals surface area (Å²) in [5.74, 6) is 1.23. The van der Waals surface area contributed by atoms with Gasteiger partial charge in [0.15, 0.2) is 0 Å². The van der Waals surface area contributed by atoms with E-state index in [4.69, 9.17) is 9.72 Å². The number of methoxy groups -OCH3 is 1. The zero-order valence-electron chi connectivity index (χ0n) is 15.7. The molecule has 1 aliphatic rings. The van der Waals surface area contributed by atoms with E-state index in [1.54, 1.807) is 13.3 Å². The highest BCUT2D eigenvalue weighted by atomic mass is 16.5. The highest BCUT2D eigenvalue weighted by Gasteiger charge is 2.26. The lowest BCUT2D eigenvalue weighted by Crippen LogP contribution is -2.34. The van der Waals surface area contributed by atoms with Crippen LogP contribution in [0.15, 0.2) is 67.0 Å². The van der Waals surface area contributed by atoms with E-state index in [2.05, 4.69) is 46.3 Å². The molecule has 1 aromatic heterocycles. The lowest BCUT2D eigenvalue weighted by atomic mass is 9.91. The molecule has 1 fully saturated rings. The fourth-order valence-corrected chi connectivity index (χ4v) is 3.96. The normalized spacial score (nSPS) is 17.6. The first-order valence-electron chi connectivity index (χ1n) is 9.55. The van der Waals surface area contributed by atoms with E-state index in [9.17, 15) is 0 Å². The van der Waals surface area contributed by atoms with Gasteiger partial charge in [-0.15, -0.1) is 0 Å². The minimum absolute atomic E-state index is 0.385. The van der Waals surface area contributed by atoms with Crippen molar-refractivity contribution in [2.24, 2.45) is 0 Å². The third kappa shape index (κ3) is 4.01. The van der Waals surface area contributed by atoms with Gasteiger partial charge >= 0.3 is 0 Å². The number of likely N-dealkylation sites (tertiary alicyclic amines) is 1. The largest absolute Gasteiger partial charge is 0.496 e. The molecule has 138 valence electrons. The second kappa shape index (κ2) is 8.31. The van der Waals surface area contributed by atoms with E-state index in [1.807, 2.05) is 24.4 Å². The Kier molecular flexibility index (Phi) is 5.45. The standard InChI is InChI=1S/C23H25N3O/c1-27-21-12-6-5-11-20(21)23-22(24-13-14-25-23)19-10-7-15-26(17-19)16-18-8-3-2-4-9-18/h2-6,8-9,11-14,19H,7,10,15-17H2,1H3. The van der Waals surface area contributed by atoms with Gasteiger partial charge < -0.3 is 4.74 Å². The molecule has 1 atom stereocenters. The summed E-state index contributed by atoms with van der Waals surface area (Å²) in [5.41, 5.74) is 4.41. The van der Waals surface area contributed by atoms with Crippen LogP contribution in [0.5, 0.6) is 5.75 Å². The number of hydrogen-bond acceptors (Lipinski definition) is 4. The molecule has 3 aromatic rings. The Morgan fingerprint density at radius 1 is 1.00 bits per heavy atom. The van der Waals surface area contributed by atoms with Crippen LogP contribution >= 0.6 is 0 Å². The van der Waals surface area contributed by atoms with Gasteiger partial charge in [-0.1, -0.05) is 42.5 Å². The highest BCUT2D eigenvalue weighted by molar-refractivity contribution is 5.69. The molecular weight excluding hydrogens is 334 g/mol. The van der Waals surface area contributed by atoms with Crippen LogP contribution in [0, 0.1) is 0 Å². The molecular formula is C23H25N3O. The Labute approximate surface area is 160 Å². The minimum atomic E-state index is 0.385. The van der Waals surface area contributed by atoms with Gasteiger partial charge in [0.25, 0.3) is 0 Å². The van der Waals surface area contributed by atoms with Gasteiger partial charge in [0.1, 0.15) is 5.75 Å². The quantitative estimate of drug-likeness (QED) is 0.671. The average molecular weight is 359 g/mol. The van der Waals surface area contributed by atoms with Crippen molar-refractivity contribution in [1.82, 2.24) is 14.9 Å². The number of piperidine rings is 1. The van der Waals surface area contributed by atoms with Crippen LogP contribution in [-0.2, 0) is 6.54 Å². The van der Waals surface area contributed by atoms with Gasteiger partial charge in [0.05, 0.1) is 18.5 Å². The molecule has 0 bridgehead atoms. The average Bonchev–Trinajstić information content (AvgIpc) is 2.75. The second-order valence-electron chi connectivity index (χ2n) is 7.05. The predicted octanol–water partition coefficient (Wildman–Crippen LogP) is 4.53. The van der Waals surface area contributed by atoms with E-state index < -0.39 is 0 Å². The van der Waals surface area contributed by atoms with Crippen molar-refractivity contribution in [1.29, 1.82) is 0 Å².